The second kappa shape index (κ2) is 4.13. The fraction of sp³-hybridized carbons (Fsp3) is 0.667. The van der Waals surface area contributed by atoms with E-state index in [0.717, 1.165) is 12.5 Å². The summed E-state index contributed by atoms with van der Waals surface area (Å²) in [6, 6.07) is -0.248. The summed E-state index contributed by atoms with van der Waals surface area (Å²) in [6.07, 6.45) is 2.50. The minimum atomic E-state index is -3.01. The number of sulfone groups is 1. The highest BCUT2D eigenvalue weighted by atomic mass is 32.2. The lowest BCUT2D eigenvalue weighted by molar-refractivity contribution is -0.117. The molecule has 0 radical (unpaired) electrons. The quantitative estimate of drug-likeness (QED) is 0.675. The molecule has 1 heterocycles. The van der Waals surface area contributed by atoms with Gasteiger partial charge < -0.3 is 5.32 Å². The summed E-state index contributed by atoms with van der Waals surface area (Å²) >= 11 is 0. The van der Waals surface area contributed by atoms with Crippen molar-refractivity contribution >= 4 is 15.7 Å². The van der Waals surface area contributed by atoms with Gasteiger partial charge in [-0.05, 0) is 25.8 Å². The molecular formula is C9H15NO3S. The van der Waals surface area contributed by atoms with Gasteiger partial charge in [0.15, 0.2) is 9.84 Å². The Morgan fingerprint density at radius 2 is 2.14 bits per heavy atom. The van der Waals surface area contributed by atoms with E-state index in [0.29, 0.717) is 6.42 Å². The van der Waals surface area contributed by atoms with Crippen molar-refractivity contribution in [2.24, 2.45) is 0 Å². The van der Waals surface area contributed by atoms with Gasteiger partial charge in [0, 0.05) is 6.04 Å². The van der Waals surface area contributed by atoms with Crippen molar-refractivity contribution in [3.05, 3.63) is 12.7 Å². The number of hydrogen-bond donors (Lipinski definition) is 1. The van der Waals surface area contributed by atoms with E-state index in [2.05, 4.69) is 11.9 Å². The lowest BCUT2D eigenvalue weighted by atomic mass is 10.1. The zero-order valence-electron chi connectivity index (χ0n) is 8.19. The lowest BCUT2D eigenvalue weighted by Crippen LogP contribution is -2.45. The van der Waals surface area contributed by atoms with Crippen molar-refractivity contribution < 1.29 is 13.2 Å². The first-order valence-corrected chi connectivity index (χ1v) is 6.31. The van der Waals surface area contributed by atoms with Crippen LogP contribution in [0.25, 0.3) is 0 Å². The topological polar surface area (TPSA) is 63.2 Å². The van der Waals surface area contributed by atoms with Gasteiger partial charge in [-0.25, -0.2) is 8.42 Å². The zero-order chi connectivity index (χ0) is 10.8. The molecule has 0 aromatic carbocycles. The predicted molar refractivity (Wildman–Crippen MR) is 54.6 cm³/mol. The third-order valence-electron chi connectivity index (χ3n) is 2.50. The maximum atomic E-state index is 11.5. The van der Waals surface area contributed by atoms with Crippen LogP contribution in [0, 0.1) is 0 Å². The molecule has 0 bridgehead atoms. The average Bonchev–Trinajstić information content (AvgIpc) is 2.11. The van der Waals surface area contributed by atoms with Crippen LogP contribution in [0.15, 0.2) is 12.7 Å². The van der Waals surface area contributed by atoms with E-state index in [4.69, 9.17) is 0 Å². The number of carbonyl (C=O) groups excluding carboxylic acids is 1. The minimum Gasteiger partial charge on any atom is -0.349 e. The van der Waals surface area contributed by atoms with E-state index < -0.39 is 9.84 Å². The van der Waals surface area contributed by atoms with Crippen LogP contribution in [0.4, 0.5) is 0 Å². The summed E-state index contributed by atoms with van der Waals surface area (Å²) in [6.45, 7) is 5.03. The molecule has 1 aliphatic heterocycles. The van der Waals surface area contributed by atoms with E-state index in [1.807, 2.05) is 0 Å². The van der Waals surface area contributed by atoms with E-state index in [9.17, 15) is 13.2 Å². The van der Waals surface area contributed by atoms with Crippen LogP contribution in [0.1, 0.15) is 19.8 Å². The summed E-state index contributed by atoms with van der Waals surface area (Å²) < 4.78 is 23.0. The van der Waals surface area contributed by atoms with Gasteiger partial charge in [-0.3, -0.25) is 4.79 Å². The first-order valence-electron chi connectivity index (χ1n) is 4.60. The van der Waals surface area contributed by atoms with Gasteiger partial charge in [0.1, 0.15) is 0 Å². The Labute approximate surface area is 84.3 Å². The van der Waals surface area contributed by atoms with Crippen molar-refractivity contribution in [1.82, 2.24) is 5.32 Å². The lowest BCUT2D eigenvalue weighted by Gasteiger charge is -2.26. The minimum absolute atomic E-state index is 0.0494. The normalized spacial score (nSPS) is 30.6. The third kappa shape index (κ3) is 2.57. The highest BCUT2D eigenvalue weighted by molar-refractivity contribution is 7.92. The molecule has 5 heteroatoms. The van der Waals surface area contributed by atoms with Crippen molar-refractivity contribution in [1.29, 1.82) is 0 Å². The summed E-state index contributed by atoms with van der Waals surface area (Å²) in [4.78, 5) is 10.9. The Kier molecular flexibility index (Phi) is 3.31. The maximum absolute atomic E-state index is 11.5. The van der Waals surface area contributed by atoms with Crippen molar-refractivity contribution in [2.75, 3.05) is 5.75 Å². The first kappa shape index (κ1) is 11.2. The summed E-state index contributed by atoms with van der Waals surface area (Å²) in [5.41, 5.74) is 0. The molecule has 2 atom stereocenters. The van der Waals surface area contributed by atoms with Crippen LogP contribution in [-0.2, 0) is 14.6 Å². The van der Waals surface area contributed by atoms with Gasteiger partial charge in [0.25, 0.3) is 0 Å². The monoisotopic (exact) mass is 217 g/mol. The Bertz CT molecular complexity index is 334. The van der Waals surface area contributed by atoms with Crippen LogP contribution in [0.3, 0.4) is 0 Å². The Morgan fingerprint density at radius 3 is 2.64 bits per heavy atom. The van der Waals surface area contributed by atoms with Crippen LogP contribution >= 0.6 is 0 Å². The molecule has 0 aromatic heterocycles. The van der Waals surface area contributed by atoms with Gasteiger partial charge >= 0.3 is 0 Å². The summed E-state index contributed by atoms with van der Waals surface area (Å²) in [5.74, 6) is -0.256. The maximum Gasteiger partial charge on any atom is 0.243 e. The fourth-order valence-corrected chi connectivity index (χ4v) is 3.15. The smallest absolute Gasteiger partial charge is 0.243 e. The van der Waals surface area contributed by atoms with Gasteiger partial charge in [-0.2, -0.15) is 0 Å². The van der Waals surface area contributed by atoms with Gasteiger partial charge in [0.05, 0.1) is 11.0 Å². The SMILES string of the molecule is C=CC(=O)NC1CCC(C)S(=O)(=O)C1. The Morgan fingerprint density at radius 1 is 1.50 bits per heavy atom. The number of rotatable bonds is 2. The largest absolute Gasteiger partial charge is 0.349 e. The predicted octanol–water partition coefficient (Wildman–Crippen LogP) is 0.254. The molecule has 0 spiro atoms. The average molecular weight is 217 g/mol. The molecule has 1 saturated heterocycles. The standard InChI is InChI=1S/C9H15NO3S/c1-3-9(11)10-8-5-4-7(2)14(12,13)6-8/h3,7-8H,1,4-6H2,2H3,(H,10,11). The summed E-state index contributed by atoms with van der Waals surface area (Å²) in [5, 5.41) is 2.33. The van der Waals surface area contributed by atoms with Crippen LogP contribution in [-0.4, -0.2) is 31.4 Å². The molecule has 2 unspecified atom stereocenters. The number of nitrogens with one attached hydrogen (secondary N) is 1. The second-order valence-corrected chi connectivity index (χ2v) is 6.09. The molecule has 1 amide bonds. The van der Waals surface area contributed by atoms with Gasteiger partial charge in [0.2, 0.25) is 5.91 Å². The van der Waals surface area contributed by atoms with E-state index in [1.165, 1.54) is 0 Å². The number of carbonyl (C=O) groups is 1. The highest BCUT2D eigenvalue weighted by Crippen LogP contribution is 2.19. The van der Waals surface area contributed by atoms with Gasteiger partial charge in [-0.1, -0.05) is 6.58 Å². The van der Waals surface area contributed by atoms with Gasteiger partial charge in [-0.15, -0.1) is 0 Å². The Hall–Kier alpha value is -0.840. The summed E-state index contributed by atoms with van der Waals surface area (Å²) in [7, 11) is -3.01. The van der Waals surface area contributed by atoms with E-state index in [-0.39, 0.29) is 23.0 Å². The van der Waals surface area contributed by atoms with Crippen LogP contribution < -0.4 is 5.32 Å². The van der Waals surface area contributed by atoms with E-state index >= 15 is 0 Å². The molecule has 4 nitrogen and oxygen atoms in total. The van der Waals surface area contributed by atoms with Crippen LogP contribution in [0.2, 0.25) is 0 Å². The molecule has 1 fully saturated rings. The second-order valence-electron chi connectivity index (χ2n) is 3.63. The van der Waals surface area contributed by atoms with Crippen LogP contribution in [0.5, 0.6) is 0 Å². The molecular weight excluding hydrogens is 202 g/mol. The van der Waals surface area contributed by atoms with Crippen molar-refractivity contribution in [2.45, 2.75) is 31.1 Å². The molecule has 14 heavy (non-hydrogen) atoms. The van der Waals surface area contributed by atoms with Crippen molar-refractivity contribution in [3.63, 3.8) is 0 Å². The van der Waals surface area contributed by atoms with E-state index in [1.54, 1.807) is 6.92 Å². The Balaban J connectivity index is 2.60. The zero-order valence-corrected chi connectivity index (χ0v) is 9.01. The molecule has 1 aliphatic rings. The molecule has 1 rings (SSSR count). The number of hydrogen-bond acceptors (Lipinski definition) is 3. The van der Waals surface area contributed by atoms with Crippen molar-refractivity contribution in [3.8, 4) is 0 Å². The number of amides is 1. The highest BCUT2D eigenvalue weighted by Gasteiger charge is 2.31. The molecule has 0 saturated carbocycles. The first-order chi connectivity index (χ1) is 6.45. The fourth-order valence-electron chi connectivity index (χ4n) is 1.52. The molecule has 0 aromatic rings. The third-order valence-corrected chi connectivity index (χ3v) is 4.83. The molecule has 80 valence electrons. The molecule has 0 aliphatic carbocycles. The molecule has 1 N–H and O–H groups in total.